The lowest BCUT2D eigenvalue weighted by molar-refractivity contribution is 0.0599. The van der Waals surface area contributed by atoms with Gasteiger partial charge in [0.1, 0.15) is 12.4 Å². The molecule has 0 bridgehead atoms. The van der Waals surface area contributed by atoms with Gasteiger partial charge in [-0.15, -0.1) is 0 Å². The van der Waals surface area contributed by atoms with Crippen LogP contribution in [0, 0.1) is 13.8 Å². The number of ether oxygens (including phenoxy) is 3. The number of carbonyl (C=O) groups is 2. The Morgan fingerprint density at radius 3 is 2.00 bits per heavy atom. The second kappa shape index (κ2) is 9.75. The summed E-state index contributed by atoms with van der Waals surface area (Å²) < 4.78 is 16.7. The summed E-state index contributed by atoms with van der Waals surface area (Å²) in [5, 5.41) is 0. The molecule has 0 fully saturated rings. The molecule has 31 heavy (non-hydrogen) atoms. The molecule has 1 heterocycles. The molecule has 0 unspecified atom stereocenters. The van der Waals surface area contributed by atoms with Crippen LogP contribution in [-0.4, -0.2) is 31.1 Å². The van der Waals surface area contributed by atoms with E-state index in [0.29, 0.717) is 34.9 Å². The fraction of sp³-hybridized carbons (Fsp3) is 0.208. The van der Waals surface area contributed by atoms with Gasteiger partial charge < -0.3 is 14.2 Å². The summed E-state index contributed by atoms with van der Waals surface area (Å²) in [5.74, 6) is -0.481. The van der Waals surface area contributed by atoms with Gasteiger partial charge in [-0.3, -0.25) is 4.98 Å². The summed E-state index contributed by atoms with van der Waals surface area (Å²) in [5.41, 5.74) is 3.53. The third-order valence-corrected chi connectivity index (χ3v) is 5.27. The maximum absolute atomic E-state index is 12.5. The number of hydrogen-bond acceptors (Lipinski definition) is 6. The molecule has 0 spiro atoms. The highest BCUT2D eigenvalue weighted by molar-refractivity contribution is 9.10. The second-order valence-corrected chi connectivity index (χ2v) is 7.75. The van der Waals surface area contributed by atoms with E-state index < -0.39 is 11.9 Å². The van der Waals surface area contributed by atoms with E-state index in [1.165, 1.54) is 14.2 Å². The monoisotopic (exact) mass is 483 g/mol. The number of esters is 2. The van der Waals surface area contributed by atoms with Gasteiger partial charge in [0, 0.05) is 10.0 Å². The van der Waals surface area contributed by atoms with Crippen molar-refractivity contribution in [1.82, 2.24) is 4.98 Å². The van der Waals surface area contributed by atoms with Crippen molar-refractivity contribution in [3.05, 3.63) is 81.1 Å². The van der Waals surface area contributed by atoms with Crippen molar-refractivity contribution < 1.29 is 23.8 Å². The molecule has 0 aliphatic carbocycles. The molecule has 6 nitrogen and oxygen atoms in total. The highest BCUT2D eigenvalue weighted by Gasteiger charge is 2.27. The van der Waals surface area contributed by atoms with E-state index in [-0.39, 0.29) is 11.1 Å². The van der Waals surface area contributed by atoms with Crippen LogP contribution < -0.4 is 4.74 Å². The van der Waals surface area contributed by atoms with E-state index in [1.807, 2.05) is 24.3 Å². The Balaban J connectivity index is 2.01. The van der Waals surface area contributed by atoms with Gasteiger partial charge >= 0.3 is 11.9 Å². The Kier molecular flexibility index (Phi) is 7.07. The Bertz CT molecular complexity index is 1090. The minimum Gasteiger partial charge on any atom is -0.489 e. The third-order valence-electron chi connectivity index (χ3n) is 4.78. The zero-order valence-corrected chi connectivity index (χ0v) is 19.3. The summed E-state index contributed by atoms with van der Waals surface area (Å²) in [6, 6.07) is 15.0. The number of aromatic nitrogens is 1. The normalized spacial score (nSPS) is 10.5. The molecule has 160 valence electrons. The molecule has 0 radical (unpaired) electrons. The number of methoxy groups -OCH3 is 2. The average Bonchev–Trinajstić information content (AvgIpc) is 2.76. The number of carbonyl (C=O) groups excluding carboxylic acids is 2. The quantitative estimate of drug-likeness (QED) is 0.444. The first-order valence-corrected chi connectivity index (χ1v) is 10.3. The number of rotatable bonds is 6. The zero-order valence-electron chi connectivity index (χ0n) is 17.7. The predicted molar refractivity (Wildman–Crippen MR) is 120 cm³/mol. The average molecular weight is 484 g/mol. The lowest BCUT2D eigenvalue weighted by Gasteiger charge is -2.17. The summed E-state index contributed by atoms with van der Waals surface area (Å²) in [7, 11) is 2.59. The lowest BCUT2D eigenvalue weighted by Crippen LogP contribution is -2.16. The summed E-state index contributed by atoms with van der Waals surface area (Å²) in [4.78, 5) is 29.4. The summed E-state index contributed by atoms with van der Waals surface area (Å²) in [6.45, 7) is 3.83. The number of benzene rings is 2. The van der Waals surface area contributed by atoms with Crippen molar-refractivity contribution in [3.63, 3.8) is 0 Å². The Morgan fingerprint density at radius 2 is 1.48 bits per heavy atom. The van der Waals surface area contributed by atoms with Crippen LogP contribution in [0.15, 0.2) is 53.0 Å². The molecular weight excluding hydrogens is 462 g/mol. The molecular formula is C24H22BrNO5. The lowest BCUT2D eigenvalue weighted by atomic mass is 9.92. The van der Waals surface area contributed by atoms with E-state index in [9.17, 15) is 9.59 Å². The van der Waals surface area contributed by atoms with Crippen LogP contribution in [0.5, 0.6) is 5.75 Å². The minimum atomic E-state index is -0.569. The Morgan fingerprint density at radius 1 is 0.903 bits per heavy atom. The molecule has 1 aromatic heterocycles. The summed E-state index contributed by atoms with van der Waals surface area (Å²) >= 11 is 3.45. The van der Waals surface area contributed by atoms with Crippen LogP contribution in [0.4, 0.5) is 0 Å². The standard InChI is InChI=1S/C24H22BrNO5/c1-14-20(23(27)29-3)22(21(15(2)26-14)24(28)30-4)17-8-10-19(11-9-17)31-13-16-6-5-7-18(25)12-16/h5-12H,13H2,1-4H3. The smallest absolute Gasteiger partial charge is 0.340 e. The maximum Gasteiger partial charge on any atom is 0.340 e. The van der Waals surface area contributed by atoms with Gasteiger partial charge in [0.05, 0.1) is 36.7 Å². The van der Waals surface area contributed by atoms with Crippen molar-refractivity contribution in [2.24, 2.45) is 0 Å². The first kappa shape index (κ1) is 22.5. The van der Waals surface area contributed by atoms with E-state index in [0.717, 1.165) is 10.0 Å². The molecule has 0 amide bonds. The van der Waals surface area contributed by atoms with Gasteiger partial charge in [-0.1, -0.05) is 40.2 Å². The zero-order chi connectivity index (χ0) is 22.5. The first-order valence-electron chi connectivity index (χ1n) is 9.51. The van der Waals surface area contributed by atoms with Gasteiger partial charge in [-0.25, -0.2) is 9.59 Å². The molecule has 0 aliphatic rings. The Labute approximate surface area is 189 Å². The van der Waals surface area contributed by atoms with Gasteiger partial charge in [0.2, 0.25) is 0 Å². The molecule has 0 aliphatic heterocycles. The first-order chi connectivity index (χ1) is 14.8. The van der Waals surface area contributed by atoms with Gasteiger partial charge in [-0.05, 0) is 49.2 Å². The SMILES string of the molecule is COC(=O)c1c(C)nc(C)c(C(=O)OC)c1-c1ccc(OCc2cccc(Br)c2)cc1. The fourth-order valence-corrected chi connectivity index (χ4v) is 3.80. The van der Waals surface area contributed by atoms with Gasteiger partial charge in [-0.2, -0.15) is 0 Å². The molecule has 0 saturated heterocycles. The van der Waals surface area contributed by atoms with Crippen molar-refractivity contribution in [3.8, 4) is 16.9 Å². The van der Waals surface area contributed by atoms with Gasteiger partial charge in [0.15, 0.2) is 0 Å². The van der Waals surface area contributed by atoms with Crippen molar-refractivity contribution in [2.45, 2.75) is 20.5 Å². The van der Waals surface area contributed by atoms with E-state index in [4.69, 9.17) is 14.2 Å². The molecule has 3 aromatic rings. The molecule has 7 heteroatoms. The van der Waals surface area contributed by atoms with Crippen molar-refractivity contribution >= 4 is 27.9 Å². The van der Waals surface area contributed by atoms with Crippen LogP contribution in [0.25, 0.3) is 11.1 Å². The van der Waals surface area contributed by atoms with Crippen molar-refractivity contribution in [1.29, 1.82) is 0 Å². The number of nitrogens with zero attached hydrogens (tertiary/aromatic N) is 1. The van der Waals surface area contributed by atoms with Crippen LogP contribution >= 0.6 is 15.9 Å². The highest BCUT2D eigenvalue weighted by atomic mass is 79.9. The summed E-state index contributed by atoms with van der Waals surface area (Å²) in [6.07, 6.45) is 0. The van der Waals surface area contributed by atoms with E-state index >= 15 is 0 Å². The van der Waals surface area contributed by atoms with Crippen LogP contribution in [0.2, 0.25) is 0 Å². The third kappa shape index (κ3) is 4.94. The highest BCUT2D eigenvalue weighted by Crippen LogP contribution is 2.33. The fourth-order valence-electron chi connectivity index (χ4n) is 3.35. The van der Waals surface area contributed by atoms with Crippen LogP contribution in [0.1, 0.15) is 37.7 Å². The molecule has 0 N–H and O–H groups in total. The van der Waals surface area contributed by atoms with E-state index in [2.05, 4.69) is 20.9 Å². The largest absolute Gasteiger partial charge is 0.489 e. The topological polar surface area (TPSA) is 74.7 Å². The van der Waals surface area contributed by atoms with Crippen molar-refractivity contribution in [2.75, 3.05) is 14.2 Å². The number of pyridine rings is 1. The number of hydrogen-bond donors (Lipinski definition) is 0. The minimum absolute atomic E-state index is 0.233. The van der Waals surface area contributed by atoms with E-state index in [1.54, 1.807) is 38.1 Å². The Hall–Kier alpha value is -3.19. The van der Waals surface area contributed by atoms with Crippen LogP contribution in [0.3, 0.4) is 0 Å². The molecule has 0 saturated carbocycles. The maximum atomic E-state index is 12.5. The number of halogens is 1. The molecule has 3 rings (SSSR count). The second-order valence-electron chi connectivity index (χ2n) is 6.83. The van der Waals surface area contributed by atoms with Gasteiger partial charge in [0.25, 0.3) is 0 Å². The molecule has 2 aromatic carbocycles. The molecule has 0 atom stereocenters. The predicted octanol–water partition coefficient (Wildman–Crippen LogP) is 5.28. The van der Waals surface area contributed by atoms with Crippen LogP contribution in [-0.2, 0) is 16.1 Å². The number of aryl methyl sites for hydroxylation is 2.